The van der Waals surface area contributed by atoms with E-state index >= 15 is 0 Å². The van der Waals surface area contributed by atoms with Crippen molar-refractivity contribution >= 4 is 81.5 Å². The summed E-state index contributed by atoms with van der Waals surface area (Å²) in [5.74, 6) is -12.6. The number of nitrogens with zero attached hydrogens (tertiary/aromatic N) is 2. The largest absolute Gasteiger partial charge is 0.497 e. The maximum Gasteiger partial charge on any atom is 0.309 e. The number of H-pyrrole nitrogens is 2. The lowest BCUT2D eigenvalue weighted by Crippen LogP contribution is -2.40. The SMILES string of the molecule is COC(=O)C1CC2=C(CC1C(=O)OC)C1=C(c3ccc(OC)cc3)c3[nH]c(c4c3CC(C(=O)OC)C(C(=O)OC)C4)C(c3ccc(OC)cc3)=C3N=C(C4=C3CC(C(=O)OC)C(C(=O)OC)C4)C(c3ccc(OC)cc3)=c3[nH]c(c4c3CC(C(=O)OC)C(C(=O)OC)C4)=C(c3ccc(OC)cc3)C2=N1. The average Bonchev–Trinajstić information content (AvgIpc) is 1.55. The van der Waals surface area contributed by atoms with Gasteiger partial charge in [-0.2, -0.15) is 0 Å². The summed E-state index contributed by atoms with van der Waals surface area (Å²) < 4.78 is 67.8. The van der Waals surface area contributed by atoms with Gasteiger partial charge in [0.25, 0.3) is 0 Å². The molecule has 8 unspecified atom stereocenters. The van der Waals surface area contributed by atoms with Gasteiger partial charge in [0, 0.05) is 22.3 Å². The smallest absolute Gasteiger partial charge is 0.309 e. The zero-order valence-electron chi connectivity index (χ0n) is 59.6. The zero-order chi connectivity index (χ0) is 73.7. The minimum Gasteiger partial charge on any atom is -0.497 e. The summed E-state index contributed by atoms with van der Waals surface area (Å²) in [5, 5.41) is 0.827. The van der Waals surface area contributed by atoms with Crippen LogP contribution in [0.15, 0.2) is 141 Å². The van der Waals surface area contributed by atoms with Crippen molar-refractivity contribution in [1.29, 1.82) is 0 Å². The maximum atomic E-state index is 14.6. The second kappa shape index (κ2) is 29.1. The third kappa shape index (κ3) is 12.1. The molecule has 8 atom stereocenters. The van der Waals surface area contributed by atoms with Crippen molar-refractivity contribution in [3.63, 3.8) is 0 Å². The maximum absolute atomic E-state index is 14.6. The summed E-state index contributed by atoms with van der Waals surface area (Å²) >= 11 is 0. The fourth-order valence-electron chi connectivity index (χ4n) is 16.4. The van der Waals surface area contributed by atoms with Crippen molar-refractivity contribution in [3.8, 4) is 23.0 Å². The van der Waals surface area contributed by atoms with Crippen LogP contribution in [0.4, 0.5) is 0 Å². The quantitative estimate of drug-likeness (QED) is 0.0695. The molecule has 4 aromatic carbocycles. The van der Waals surface area contributed by atoms with E-state index in [9.17, 15) is 38.4 Å². The van der Waals surface area contributed by atoms with E-state index in [1.807, 2.05) is 48.5 Å². The fraction of sp³-hybridized carbons (Fsp3) is 0.350. The van der Waals surface area contributed by atoms with Crippen molar-refractivity contribution in [2.24, 2.45) is 57.3 Å². The lowest BCUT2D eigenvalue weighted by molar-refractivity contribution is -0.158. The monoisotopic (exact) mass is 1410 g/mol. The Kier molecular flexibility index (Phi) is 19.8. The molecule has 538 valence electrons. The molecule has 2 N–H and O–H groups in total. The number of aromatic amines is 2. The Morgan fingerprint density at radius 2 is 0.500 bits per heavy atom. The summed E-state index contributed by atoms with van der Waals surface area (Å²) in [5.41, 5.74) is 10.4. The van der Waals surface area contributed by atoms with E-state index in [0.717, 1.165) is 0 Å². The molecule has 13 rings (SSSR count). The van der Waals surface area contributed by atoms with Crippen molar-refractivity contribution in [3.05, 3.63) is 197 Å². The molecule has 8 bridgehead atoms. The van der Waals surface area contributed by atoms with Crippen LogP contribution in [-0.4, -0.2) is 154 Å². The molecule has 24 nitrogen and oxygen atoms in total. The highest BCUT2D eigenvalue weighted by Crippen LogP contribution is 2.54. The molecular formula is C80H78N4O20. The normalized spacial score (nSPS) is 21.6. The van der Waals surface area contributed by atoms with E-state index in [1.165, 1.54) is 56.9 Å². The van der Waals surface area contributed by atoms with Gasteiger partial charge < -0.3 is 66.8 Å². The van der Waals surface area contributed by atoms with E-state index in [2.05, 4.69) is 9.97 Å². The number of allylic oxidation sites excluding steroid dienone is 4. The van der Waals surface area contributed by atoms with Gasteiger partial charge in [-0.3, -0.25) is 38.4 Å². The minimum absolute atomic E-state index is 0.124. The summed E-state index contributed by atoms with van der Waals surface area (Å²) in [6, 6.07) is 29.2. The molecule has 0 radical (unpaired) electrons. The molecule has 104 heavy (non-hydrogen) atoms. The Morgan fingerprint density at radius 3 is 0.740 bits per heavy atom. The van der Waals surface area contributed by atoms with Crippen LogP contribution in [0, 0.1) is 47.3 Å². The summed E-state index contributed by atoms with van der Waals surface area (Å²) in [6.07, 6.45) is -1.04. The molecule has 0 saturated heterocycles. The first-order valence-corrected chi connectivity index (χ1v) is 33.9. The predicted molar refractivity (Wildman–Crippen MR) is 376 cm³/mol. The van der Waals surface area contributed by atoms with Crippen LogP contribution in [0.2, 0.25) is 0 Å². The van der Waals surface area contributed by atoms with Crippen molar-refractivity contribution in [2.75, 3.05) is 85.3 Å². The Bertz CT molecular complexity index is 4600. The number of esters is 8. The number of rotatable bonds is 16. The van der Waals surface area contributed by atoms with Gasteiger partial charge in [0.15, 0.2) is 0 Å². The number of aromatic nitrogens is 2. The molecule has 0 saturated carbocycles. The number of ether oxygens (including phenoxy) is 12. The van der Waals surface area contributed by atoms with Gasteiger partial charge >= 0.3 is 47.8 Å². The molecule has 0 spiro atoms. The summed E-state index contributed by atoms with van der Waals surface area (Å²) in [6.45, 7) is 0. The van der Waals surface area contributed by atoms with Gasteiger partial charge in [-0.1, -0.05) is 48.5 Å². The molecule has 2 aliphatic heterocycles. The summed E-state index contributed by atoms with van der Waals surface area (Å²) in [4.78, 5) is 137. The van der Waals surface area contributed by atoms with Crippen molar-refractivity contribution in [1.82, 2.24) is 9.97 Å². The minimum atomic E-state index is -1.14. The second-order valence-electron chi connectivity index (χ2n) is 26.3. The number of benzene rings is 4. The molecular weight excluding hydrogens is 1340 g/mol. The third-order valence-electron chi connectivity index (χ3n) is 21.6. The zero-order valence-corrected chi connectivity index (χ0v) is 59.6. The van der Waals surface area contributed by atoms with E-state index in [-0.39, 0.29) is 51.4 Å². The fourth-order valence-corrected chi connectivity index (χ4v) is 16.4. The van der Waals surface area contributed by atoms with Gasteiger partial charge in [0.1, 0.15) is 23.0 Å². The molecule has 4 heterocycles. The Balaban J connectivity index is 1.35. The number of hydrogen-bond donors (Lipinski definition) is 2. The highest BCUT2D eigenvalue weighted by Gasteiger charge is 2.51. The van der Waals surface area contributed by atoms with Crippen LogP contribution >= 0.6 is 0 Å². The van der Waals surface area contributed by atoms with Gasteiger partial charge in [-0.25, -0.2) is 9.98 Å². The molecule has 0 amide bonds. The van der Waals surface area contributed by atoms with E-state index in [4.69, 9.17) is 66.8 Å². The van der Waals surface area contributed by atoms with Gasteiger partial charge in [0.05, 0.1) is 178 Å². The number of aliphatic imine (C=N–C) groups is 2. The van der Waals surface area contributed by atoms with Crippen LogP contribution in [0.5, 0.6) is 23.0 Å². The Morgan fingerprint density at radius 1 is 0.279 bits per heavy atom. The lowest BCUT2D eigenvalue weighted by atomic mass is 9.71. The molecule has 24 heteroatoms. The molecule has 5 aliphatic carbocycles. The van der Waals surface area contributed by atoms with Gasteiger partial charge in [0.2, 0.25) is 0 Å². The van der Waals surface area contributed by atoms with Crippen LogP contribution < -0.4 is 29.6 Å². The van der Waals surface area contributed by atoms with Gasteiger partial charge in [-0.15, -0.1) is 0 Å². The van der Waals surface area contributed by atoms with Crippen LogP contribution in [-0.2, 0) is 102 Å². The predicted octanol–water partition coefficient (Wildman–Crippen LogP) is 7.61. The molecule has 6 aromatic rings. The second-order valence-corrected chi connectivity index (χ2v) is 26.3. The number of methoxy groups -OCH3 is 12. The standard InChI is InChI=1S/C80H78N4O20/c1-93-41-21-13-37(14-22-41)61-65-45-29-53(73(85)97-5)55(75(87)99-7)31-47(45)67(81-65)62(38-15-23-42(94-2)24-16-38)69-49-33-57(77(89)101-9)59(79(91)103-11)35-51(49)71(83-69)64(40-19-27-44(96-4)28-20-40)72-52-36-60(80(92)104-12)58(78(90)102-10)34-50(52)70(84-72)63(39-17-25-43(95-3)26-18-39)68-48-32-56(76(88)100-8)54(74(86)98-6)30-46(48)66(61)82-68/h13-28,53-60,81,84H,29-36H2,1-12H3. The first-order valence-electron chi connectivity index (χ1n) is 33.9. The van der Waals surface area contributed by atoms with E-state index in [0.29, 0.717) is 157 Å². The van der Waals surface area contributed by atoms with E-state index in [1.54, 1.807) is 77.0 Å². The number of carbonyl (C=O) groups excluding carboxylic acids is 8. The molecule has 7 aliphatic rings. The summed E-state index contributed by atoms with van der Waals surface area (Å²) in [7, 11) is 16.2. The topological polar surface area (TPSA) is 304 Å². The Hall–Kier alpha value is -11.6. The third-order valence-corrected chi connectivity index (χ3v) is 21.6. The first kappa shape index (κ1) is 70.9. The highest BCUT2D eigenvalue weighted by atomic mass is 16.6. The lowest BCUT2D eigenvalue weighted by Gasteiger charge is -2.31. The van der Waals surface area contributed by atoms with Crippen molar-refractivity contribution < 1.29 is 95.2 Å². The number of carbonyl (C=O) groups is 8. The number of nitrogens with one attached hydrogen (secondary N) is 2. The first-order chi connectivity index (χ1) is 50.3. The van der Waals surface area contributed by atoms with Crippen LogP contribution in [0.25, 0.3) is 22.3 Å². The van der Waals surface area contributed by atoms with Crippen molar-refractivity contribution in [2.45, 2.75) is 51.4 Å². The molecule has 0 fully saturated rings. The van der Waals surface area contributed by atoms with Crippen LogP contribution in [0.1, 0.15) is 81.6 Å². The van der Waals surface area contributed by atoms with E-state index < -0.39 is 95.1 Å². The number of hydrogen-bond acceptors (Lipinski definition) is 22. The van der Waals surface area contributed by atoms with Crippen LogP contribution in [0.3, 0.4) is 0 Å². The Labute approximate surface area is 598 Å². The average molecular weight is 1420 g/mol. The van der Waals surface area contributed by atoms with Gasteiger partial charge in [-0.05, 0) is 167 Å². The highest BCUT2D eigenvalue weighted by molar-refractivity contribution is 6.35. The molecule has 2 aromatic heterocycles.